The number of nitrogens with zero attached hydrogens (tertiary/aromatic N) is 1. The number of carbonyl (C=O) groups excluding carboxylic acids is 1. The molecule has 0 radical (unpaired) electrons. The summed E-state index contributed by atoms with van der Waals surface area (Å²) in [6, 6.07) is 6.84. The number of aliphatic carboxylic acids is 1. The Kier molecular flexibility index (Phi) is 6.51. The van der Waals surface area contributed by atoms with Crippen LogP contribution in [0.3, 0.4) is 0 Å². The molecule has 0 aliphatic rings. The van der Waals surface area contributed by atoms with Gasteiger partial charge in [-0.05, 0) is 24.1 Å². The van der Waals surface area contributed by atoms with E-state index < -0.39 is 21.9 Å². The lowest BCUT2D eigenvalue weighted by atomic mass is 10.1. The molecule has 22 heavy (non-hydrogen) atoms. The Hall–Kier alpha value is -1.93. The zero-order valence-electron chi connectivity index (χ0n) is 12.6. The molecule has 0 fully saturated rings. The van der Waals surface area contributed by atoms with E-state index in [1.807, 2.05) is 0 Å². The fourth-order valence-electron chi connectivity index (χ4n) is 1.68. The summed E-state index contributed by atoms with van der Waals surface area (Å²) in [7, 11) is -0.573. The topological polar surface area (TPSA) is 104 Å². The maximum absolute atomic E-state index is 11.8. The highest BCUT2D eigenvalue weighted by Crippen LogP contribution is 2.13. The third-order valence-electron chi connectivity index (χ3n) is 2.98. The normalized spacial score (nSPS) is 11.4. The van der Waals surface area contributed by atoms with E-state index in [1.165, 1.54) is 14.1 Å². The largest absolute Gasteiger partial charge is 0.481 e. The molecule has 1 aromatic carbocycles. The Labute approximate surface area is 130 Å². The van der Waals surface area contributed by atoms with Gasteiger partial charge in [-0.25, -0.2) is 12.7 Å². The molecular formula is C14H20N2O5S. The van der Waals surface area contributed by atoms with E-state index in [0.29, 0.717) is 12.1 Å². The van der Waals surface area contributed by atoms with E-state index in [4.69, 9.17) is 5.11 Å². The Bertz CT molecular complexity index is 640. The molecule has 2 N–H and O–H groups in total. The molecule has 0 saturated carbocycles. The molecule has 0 saturated heterocycles. The lowest BCUT2D eigenvalue weighted by Crippen LogP contribution is -2.27. The van der Waals surface area contributed by atoms with Gasteiger partial charge in [0.05, 0.1) is 5.75 Å². The molecule has 122 valence electrons. The highest BCUT2D eigenvalue weighted by molar-refractivity contribution is 7.89. The average Bonchev–Trinajstić information content (AvgIpc) is 2.43. The second-order valence-corrected chi connectivity index (χ2v) is 7.29. The minimum atomic E-state index is -3.40. The van der Waals surface area contributed by atoms with Crippen molar-refractivity contribution in [3.63, 3.8) is 0 Å². The molecule has 1 amide bonds. The van der Waals surface area contributed by atoms with Gasteiger partial charge in [0.25, 0.3) is 0 Å². The maximum atomic E-state index is 11.8. The van der Waals surface area contributed by atoms with Crippen molar-refractivity contribution in [3.05, 3.63) is 29.8 Å². The fraction of sp³-hybridized carbons (Fsp3) is 0.429. The van der Waals surface area contributed by atoms with E-state index in [2.05, 4.69) is 5.32 Å². The highest BCUT2D eigenvalue weighted by Gasteiger charge is 2.15. The molecule has 0 atom stereocenters. The first-order chi connectivity index (χ1) is 10.2. The second kappa shape index (κ2) is 7.90. The fourth-order valence-corrected chi connectivity index (χ4v) is 2.49. The second-order valence-electron chi connectivity index (χ2n) is 4.99. The van der Waals surface area contributed by atoms with Gasteiger partial charge in [-0.2, -0.15) is 0 Å². The van der Waals surface area contributed by atoms with Crippen LogP contribution < -0.4 is 5.32 Å². The molecule has 0 aliphatic heterocycles. The van der Waals surface area contributed by atoms with E-state index in [9.17, 15) is 18.0 Å². The lowest BCUT2D eigenvalue weighted by Gasteiger charge is -2.11. The number of carbonyl (C=O) groups is 2. The summed E-state index contributed by atoms with van der Waals surface area (Å²) in [5.74, 6) is -1.55. The van der Waals surface area contributed by atoms with E-state index >= 15 is 0 Å². The van der Waals surface area contributed by atoms with Crippen molar-refractivity contribution in [2.45, 2.75) is 19.3 Å². The van der Waals surface area contributed by atoms with Crippen LogP contribution in [0.25, 0.3) is 0 Å². The van der Waals surface area contributed by atoms with Crippen molar-refractivity contribution in [2.24, 2.45) is 0 Å². The van der Waals surface area contributed by atoms with Crippen LogP contribution in [0.4, 0.5) is 5.69 Å². The predicted molar refractivity (Wildman–Crippen MR) is 83.1 cm³/mol. The Morgan fingerprint density at radius 1 is 1.23 bits per heavy atom. The summed E-state index contributed by atoms with van der Waals surface area (Å²) < 4.78 is 24.2. The highest BCUT2D eigenvalue weighted by atomic mass is 32.2. The van der Waals surface area contributed by atoms with Crippen LogP contribution in [-0.2, 0) is 26.0 Å². The predicted octanol–water partition coefficient (Wildman–Crippen LogP) is 0.924. The molecule has 0 aliphatic carbocycles. The summed E-state index contributed by atoms with van der Waals surface area (Å²) >= 11 is 0. The summed E-state index contributed by atoms with van der Waals surface area (Å²) in [6.07, 6.45) is 0.242. The molecule has 0 unspecified atom stereocenters. The first kappa shape index (κ1) is 18.1. The molecule has 1 rings (SSSR count). The molecule has 0 aromatic heterocycles. The first-order valence-electron chi connectivity index (χ1n) is 6.71. The monoisotopic (exact) mass is 328 g/mol. The van der Waals surface area contributed by atoms with Crippen LogP contribution >= 0.6 is 0 Å². The minimum absolute atomic E-state index is 0.0124. The third kappa shape index (κ3) is 6.23. The summed E-state index contributed by atoms with van der Waals surface area (Å²) in [4.78, 5) is 22.3. The van der Waals surface area contributed by atoms with Crippen LogP contribution in [-0.4, -0.2) is 49.6 Å². The zero-order valence-corrected chi connectivity index (χ0v) is 13.4. The zero-order chi connectivity index (χ0) is 16.8. The van der Waals surface area contributed by atoms with Crippen LogP contribution in [0.5, 0.6) is 0 Å². The van der Waals surface area contributed by atoms with Gasteiger partial charge in [0.15, 0.2) is 0 Å². The number of carboxylic acids is 1. The number of carboxylic acid groups (broad SMARTS) is 1. The van der Waals surface area contributed by atoms with Gasteiger partial charge in [-0.3, -0.25) is 9.59 Å². The molecule has 1 aromatic rings. The molecule has 0 spiro atoms. The Morgan fingerprint density at radius 3 is 2.50 bits per heavy atom. The third-order valence-corrected chi connectivity index (χ3v) is 4.81. The van der Waals surface area contributed by atoms with Crippen molar-refractivity contribution in [3.8, 4) is 0 Å². The number of sulfonamides is 1. The first-order valence-corrected chi connectivity index (χ1v) is 8.32. The van der Waals surface area contributed by atoms with Gasteiger partial charge < -0.3 is 10.4 Å². The standard InChI is InChI=1S/C14H20N2O5S/c1-16(2)22(20,21)9-8-13(17)15-12-5-3-4-11(10-12)6-7-14(18)19/h3-5,10H,6-9H2,1-2H3,(H,15,17)(H,18,19). The van der Waals surface area contributed by atoms with Crippen LogP contribution in [0.1, 0.15) is 18.4 Å². The van der Waals surface area contributed by atoms with E-state index in [1.54, 1.807) is 24.3 Å². The van der Waals surface area contributed by atoms with Gasteiger partial charge >= 0.3 is 5.97 Å². The Balaban J connectivity index is 2.58. The number of amides is 1. The quantitative estimate of drug-likeness (QED) is 0.738. The van der Waals surface area contributed by atoms with E-state index in [0.717, 1.165) is 9.87 Å². The summed E-state index contributed by atoms with van der Waals surface area (Å²) in [6.45, 7) is 0. The SMILES string of the molecule is CN(C)S(=O)(=O)CCC(=O)Nc1cccc(CCC(=O)O)c1. The lowest BCUT2D eigenvalue weighted by molar-refractivity contribution is -0.137. The summed E-state index contributed by atoms with van der Waals surface area (Å²) in [5.41, 5.74) is 1.32. The van der Waals surface area contributed by atoms with Gasteiger partial charge in [0.2, 0.25) is 15.9 Å². The van der Waals surface area contributed by atoms with Crippen LogP contribution in [0, 0.1) is 0 Å². The van der Waals surface area contributed by atoms with E-state index in [-0.39, 0.29) is 18.6 Å². The van der Waals surface area contributed by atoms with Crippen molar-refractivity contribution < 1.29 is 23.1 Å². The average molecular weight is 328 g/mol. The Morgan fingerprint density at radius 2 is 1.91 bits per heavy atom. The number of anilines is 1. The number of benzene rings is 1. The number of nitrogens with one attached hydrogen (secondary N) is 1. The smallest absolute Gasteiger partial charge is 0.303 e. The van der Waals surface area contributed by atoms with Crippen molar-refractivity contribution in [1.82, 2.24) is 4.31 Å². The van der Waals surface area contributed by atoms with Crippen molar-refractivity contribution in [2.75, 3.05) is 25.2 Å². The van der Waals surface area contributed by atoms with Crippen molar-refractivity contribution in [1.29, 1.82) is 0 Å². The molecule has 0 bridgehead atoms. The molecule has 8 heteroatoms. The molecule has 7 nitrogen and oxygen atoms in total. The molecule has 0 heterocycles. The summed E-state index contributed by atoms with van der Waals surface area (Å²) in [5, 5.41) is 11.3. The minimum Gasteiger partial charge on any atom is -0.481 e. The van der Waals surface area contributed by atoms with Crippen LogP contribution in [0.15, 0.2) is 24.3 Å². The maximum Gasteiger partial charge on any atom is 0.303 e. The molecular weight excluding hydrogens is 308 g/mol. The number of rotatable bonds is 8. The number of hydrogen-bond donors (Lipinski definition) is 2. The van der Waals surface area contributed by atoms with Crippen LogP contribution in [0.2, 0.25) is 0 Å². The van der Waals surface area contributed by atoms with Gasteiger partial charge in [0, 0.05) is 32.6 Å². The number of hydrogen-bond acceptors (Lipinski definition) is 4. The number of aryl methyl sites for hydroxylation is 1. The van der Waals surface area contributed by atoms with Gasteiger partial charge in [-0.1, -0.05) is 12.1 Å². The van der Waals surface area contributed by atoms with Gasteiger partial charge in [0.1, 0.15) is 0 Å². The van der Waals surface area contributed by atoms with Crippen molar-refractivity contribution >= 4 is 27.6 Å². The van der Waals surface area contributed by atoms with Gasteiger partial charge in [-0.15, -0.1) is 0 Å².